The van der Waals surface area contributed by atoms with Gasteiger partial charge in [-0.3, -0.25) is 0 Å². The van der Waals surface area contributed by atoms with E-state index in [1.165, 1.54) is 11.1 Å². The molecule has 2 rings (SSSR count). The van der Waals surface area contributed by atoms with Crippen LogP contribution in [0.1, 0.15) is 24.1 Å². The summed E-state index contributed by atoms with van der Waals surface area (Å²) in [6.45, 7) is 4.25. The highest BCUT2D eigenvalue weighted by Gasteiger charge is 2.30. The highest BCUT2D eigenvalue weighted by Crippen LogP contribution is 2.26. The van der Waals surface area contributed by atoms with Crippen molar-refractivity contribution in [2.45, 2.75) is 26.1 Å². The Morgan fingerprint density at radius 3 is 2.29 bits per heavy atom. The summed E-state index contributed by atoms with van der Waals surface area (Å²) in [5, 5.41) is 0. The van der Waals surface area contributed by atoms with Gasteiger partial charge in [0.1, 0.15) is 0 Å². The van der Waals surface area contributed by atoms with Crippen molar-refractivity contribution < 1.29 is 0 Å². The fourth-order valence-corrected chi connectivity index (χ4v) is 1.82. The Labute approximate surface area is 84.7 Å². The summed E-state index contributed by atoms with van der Waals surface area (Å²) >= 11 is 0. The van der Waals surface area contributed by atoms with Crippen LogP contribution in [0.2, 0.25) is 0 Å². The lowest BCUT2D eigenvalue weighted by atomic mass is 9.94. The van der Waals surface area contributed by atoms with E-state index in [0.717, 1.165) is 0 Å². The molecule has 1 heterocycles. The van der Waals surface area contributed by atoms with Crippen LogP contribution in [-0.2, 0) is 0 Å². The average molecular weight is 191 g/mol. The SMILES string of the molecule is Cc1ccc(C2NNC(N)C2C)cc1. The highest BCUT2D eigenvalue weighted by atomic mass is 15.4. The third-order valence-electron chi connectivity index (χ3n) is 2.93. The lowest BCUT2D eigenvalue weighted by molar-refractivity contribution is 0.463. The van der Waals surface area contributed by atoms with Gasteiger partial charge < -0.3 is 5.73 Å². The fourth-order valence-electron chi connectivity index (χ4n) is 1.82. The number of nitrogens with two attached hydrogens (primary N) is 1. The molecular formula is C11H17N3. The van der Waals surface area contributed by atoms with Crippen molar-refractivity contribution in [2.75, 3.05) is 0 Å². The molecular weight excluding hydrogens is 174 g/mol. The van der Waals surface area contributed by atoms with Gasteiger partial charge in [-0.05, 0) is 12.5 Å². The summed E-state index contributed by atoms with van der Waals surface area (Å²) < 4.78 is 0. The number of benzene rings is 1. The van der Waals surface area contributed by atoms with Gasteiger partial charge in [0.25, 0.3) is 0 Å². The molecule has 1 aromatic rings. The van der Waals surface area contributed by atoms with Crippen molar-refractivity contribution in [1.29, 1.82) is 0 Å². The van der Waals surface area contributed by atoms with Gasteiger partial charge in [0.2, 0.25) is 0 Å². The van der Waals surface area contributed by atoms with Gasteiger partial charge >= 0.3 is 0 Å². The monoisotopic (exact) mass is 191 g/mol. The lowest BCUT2D eigenvalue weighted by Crippen LogP contribution is -2.38. The maximum absolute atomic E-state index is 5.86. The summed E-state index contributed by atoms with van der Waals surface area (Å²) in [4.78, 5) is 0. The molecule has 14 heavy (non-hydrogen) atoms. The first kappa shape index (κ1) is 9.65. The van der Waals surface area contributed by atoms with E-state index in [1.807, 2.05) is 0 Å². The van der Waals surface area contributed by atoms with E-state index < -0.39 is 0 Å². The summed E-state index contributed by atoms with van der Waals surface area (Å²) in [7, 11) is 0. The summed E-state index contributed by atoms with van der Waals surface area (Å²) in [5.41, 5.74) is 14.7. The minimum Gasteiger partial charge on any atom is -0.315 e. The molecule has 0 saturated carbocycles. The third kappa shape index (κ3) is 1.66. The first-order chi connectivity index (χ1) is 6.68. The Morgan fingerprint density at radius 2 is 1.79 bits per heavy atom. The van der Waals surface area contributed by atoms with E-state index in [-0.39, 0.29) is 6.17 Å². The van der Waals surface area contributed by atoms with E-state index in [2.05, 4.69) is 49.0 Å². The molecule has 3 unspecified atom stereocenters. The maximum Gasteiger partial charge on any atom is 0.0723 e. The van der Waals surface area contributed by atoms with Crippen LogP contribution in [0.15, 0.2) is 24.3 Å². The molecule has 3 nitrogen and oxygen atoms in total. The number of nitrogens with one attached hydrogen (secondary N) is 2. The summed E-state index contributed by atoms with van der Waals surface area (Å²) in [5.74, 6) is 0.415. The Kier molecular flexibility index (Phi) is 2.54. The van der Waals surface area contributed by atoms with Gasteiger partial charge in [-0.2, -0.15) is 0 Å². The molecule has 1 fully saturated rings. The zero-order valence-corrected chi connectivity index (χ0v) is 8.62. The predicted molar refractivity (Wildman–Crippen MR) is 57.3 cm³/mol. The lowest BCUT2D eigenvalue weighted by Gasteiger charge is -2.16. The van der Waals surface area contributed by atoms with Crippen LogP contribution in [0.5, 0.6) is 0 Å². The van der Waals surface area contributed by atoms with Crippen LogP contribution < -0.4 is 16.6 Å². The molecule has 1 aromatic carbocycles. The molecule has 0 bridgehead atoms. The normalized spacial score (nSPS) is 32.1. The Hall–Kier alpha value is -0.900. The molecule has 0 aromatic heterocycles. The summed E-state index contributed by atoms with van der Waals surface area (Å²) in [6, 6.07) is 8.90. The number of rotatable bonds is 1. The standard InChI is InChI=1S/C11H17N3/c1-7-3-5-9(6-4-7)10-8(2)11(12)14-13-10/h3-6,8,10-11,13-14H,12H2,1-2H3. The van der Waals surface area contributed by atoms with Gasteiger partial charge in [0.05, 0.1) is 12.2 Å². The topological polar surface area (TPSA) is 50.1 Å². The largest absolute Gasteiger partial charge is 0.315 e. The zero-order valence-electron chi connectivity index (χ0n) is 8.62. The van der Waals surface area contributed by atoms with Crippen molar-refractivity contribution in [3.8, 4) is 0 Å². The van der Waals surface area contributed by atoms with E-state index in [1.54, 1.807) is 0 Å². The van der Waals surface area contributed by atoms with Gasteiger partial charge in [0, 0.05) is 5.92 Å². The third-order valence-corrected chi connectivity index (χ3v) is 2.93. The van der Waals surface area contributed by atoms with Crippen LogP contribution >= 0.6 is 0 Å². The molecule has 0 aliphatic carbocycles. The smallest absolute Gasteiger partial charge is 0.0723 e. The highest BCUT2D eigenvalue weighted by molar-refractivity contribution is 5.25. The molecule has 1 aliphatic rings. The van der Waals surface area contributed by atoms with Crippen LogP contribution in [-0.4, -0.2) is 6.17 Å². The molecule has 0 amide bonds. The number of hydrogen-bond acceptors (Lipinski definition) is 3. The van der Waals surface area contributed by atoms with Crippen molar-refractivity contribution >= 4 is 0 Å². The summed E-state index contributed by atoms with van der Waals surface area (Å²) in [6.07, 6.45) is 0.0429. The number of aryl methyl sites for hydroxylation is 1. The predicted octanol–water partition coefficient (Wildman–Crippen LogP) is 1.06. The molecule has 1 saturated heterocycles. The van der Waals surface area contributed by atoms with Gasteiger partial charge in [-0.15, -0.1) is 0 Å². The first-order valence-electron chi connectivity index (χ1n) is 5.01. The van der Waals surface area contributed by atoms with Gasteiger partial charge in [-0.1, -0.05) is 36.8 Å². The van der Waals surface area contributed by atoms with Crippen LogP contribution in [0.4, 0.5) is 0 Å². The van der Waals surface area contributed by atoms with E-state index in [0.29, 0.717) is 12.0 Å². The van der Waals surface area contributed by atoms with E-state index in [9.17, 15) is 0 Å². The molecule has 3 heteroatoms. The molecule has 76 valence electrons. The second-order valence-corrected chi connectivity index (χ2v) is 4.06. The quantitative estimate of drug-likeness (QED) is 0.622. The number of hydrazine groups is 1. The van der Waals surface area contributed by atoms with Crippen LogP contribution in [0, 0.1) is 12.8 Å². The molecule has 3 atom stereocenters. The van der Waals surface area contributed by atoms with E-state index in [4.69, 9.17) is 5.73 Å². The number of hydrogen-bond donors (Lipinski definition) is 3. The van der Waals surface area contributed by atoms with Crippen LogP contribution in [0.25, 0.3) is 0 Å². The molecule has 1 aliphatic heterocycles. The molecule has 0 radical (unpaired) electrons. The fraction of sp³-hybridized carbons (Fsp3) is 0.455. The molecule has 4 N–H and O–H groups in total. The Bertz CT molecular complexity index is 307. The zero-order chi connectivity index (χ0) is 10.1. The second-order valence-electron chi connectivity index (χ2n) is 4.06. The minimum absolute atomic E-state index is 0.0429. The van der Waals surface area contributed by atoms with Crippen molar-refractivity contribution in [3.05, 3.63) is 35.4 Å². The van der Waals surface area contributed by atoms with Gasteiger partial charge in [0.15, 0.2) is 0 Å². The maximum atomic E-state index is 5.86. The van der Waals surface area contributed by atoms with Crippen molar-refractivity contribution in [1.82, 2.24) is 10.9 Å². The molecule has 0 spiro atoms. The second kappa shape index (κ2) is 3.69. The van der Waals surface area contributed by atoms with E-state index >= 15 is 0 Å². The van der Waals surface area contributed by atoms with Crippen molar-refractivity contribution in [2.24, 2.45) is 11.7 Å². The van der Waals surface area contributed by atoms with Crippen molar-refractivity contribution in [3.63, 3.8) is 0 Å². The Morgan fingerprint density at radius 1 is 1.14 bits per heavy atom. The van der Waals surface area contributed by atoms with Gasteiger partial charge in [-0.25, -0.2) is 10.9 Å². The Balaban J connectivity index is 2.19. The first-order valence-corrected chi connectivity index (χ1v) is 5.01. The average Bonchev–Trinajstić information content (AvgIpc) is 2.50. The minimum atomic E-state index is 0.0429. The van der Waals surface area contributed by atoms with Crippen LogP contribution in [0.3, 0.4) is 0 Å².